The fourth-order valence-corrected chi connectivity index (χ4v) is 1.12. The third-order valence-corrected chi connectivity index (χ3v) is 1.88. The first kappa shape index (κ1) is 12.9. The summed E-state index contributed by atoms with van der Waals surface area (Å²) in [4.78, 5) is 0. The number of hydrogen-bond donors (Lipinski definition) is 2. The van der Waals surface area contributed by atoms with Crippen LogP contribution in [0, 0.1) is 17.6 Å². The second-order valence-corrected chi connectivity index (χ2v) is 3.89. The summed E-state index contributed by atoms with van der Waals surface area (Å²) in [6.45, 7) is 3.89. The molecule has 0 aliphatic heterocycles. The van der Waals surface area contributed by atoms with Gasteiger partial charge in [0.25, 0.3) is 0 Å². The van der Waals surface area contributed by atoms with Gasteiger partial charge in [-0.2, -0.15) is 0 Å². The summed E-state index contributed by atoms with van der Waals surface area (Å²) in [5.41, 5.74) is -0.244. The molecule has 0 saturated carbocycles. The van der Waals surface area contributed by atoms with Gasteiger partial charge in [0.05, 0.1) is 6.61 Å². The predicted molar refractivity (Wildman–Crippen MR) is 56.5 cm³/mol. The molecule has 0 heterocycles. The van der Waals surface area contributed by atoms with Crippen LogP contribution >= 0.6 is 0 Å². The Morgan fingerprint density at radius 2 is 1.75 bits per heavy atom. The van der Waals surface area contributed by atoms with Crippen LogP contribution in [0.1, 0.15) is 13.8 Å². The van der Waals surface area contributed by atoms with Crippen molar-refractivity contribution < 1.29 is 23.6 Å². The van der Waals surface area contributed by atoms with E-state index in [0.717, 1.165) is 12.1 Å². The van der Waals surface area contributed by atoms with Gasteiger partial charge in [-0.3, -0.25) is 0 Å². The largest absolute Gasteiger partial charge is 0.488 e. The van der Waals surface area contributed by atoms with Crippen molar-refractivity contribution in [3.63, 3.8) is 0 Å². The average Bonchev–Trinajstić information content (AvgIpc) is 2.15. The molecule has 0 radical (unpaired) electrons. The Bertz CT molecular complexity index is 346. The zero-order valence-electron chi connectivity index (χ0n) is 9.08. The molecule has 1 aromatic rings. The normalized spacial score (nSPS) is 10.7. The van der Waals surface area contributed by atoms with Gasteiger partial charge in [-0.1, -0.05) is 13.8 Å². The van der Waals surface area contributed by atoms with Crippen LogP contribution in [-0.2, 0) is 0 Å². The van der Waals surface area contributed by atoms with Crippen LogP contribution in [0.2, 0.25) is 0 Å². The highest BCUT2D eigenvalue weighted by molar-refractivity contribution is 6.58. The van der Waals surface area contributed by atoms with Crippen LogP contribution in [0.15, 0.2) is 12.1 Å². The van der Waals surface area contributed by atoms with E-state index >= 15 is 0 Å². The van der Waals surface area contributed by atoms with E-state index in [1.807, 2.05) is 13.8 Å². The lowest BCUT2D eigenvalue weighted by Crippen LogP contribution is -2.30. The Kier molecular flexibility index (Phi) is 4.26. The Morgan fingerprint density at radius 1 is 1.25 bits per heavy atom. The zero-order valence-corrected chi connectivity index (χ0v) is 9.08. The number of rotatable bonds is 4. The minimum Gasteiger partial charge on any atom is -0.487 e. The van der Waals surface area contributed by atoms with Crippen molar-refractivity contribution in [2.75, 3.05) is 6.61 Å². The minimum atomic E-state index is -1.90. The van der Waals surface area contributed by atoms with Crippen molar-refractivity contribution in [2.45, 2.75) is 13.8 Å². The highest BCUT2D eigenvalue weighted by atomic mass is 19.1. The van der Waals surface area contributed by atoms with Crippen molar-refractivity contribution in [1.82, 2.24) is 0 Å². The summed E-state index contributed by atoms with van der Waals surface area (Å²) in [6.07, 6.45) is 0. The van der Waals surface area contributed by atoms with Crippen molar-refractivity contribution in [3.8, 4) is 5.75 Å². The van der Waals surface area contributed by atoms with Gasteiger partial charge < -0.3 is 14.8 Å². The van der Waals surface area contributed by atoms with Crippen LogP contribution < -0.4 is 10.2 Å². The second kappa shape index (κ2) is 5.27. The van der Waals surface area contributed by atoms with E-state index in [9.17, 15) is 8.78 Å². The van der Waals surface area contributed by atoms with E-state index in [-0.39, 0.29) is 18.0 Å². The lowest BCUT2D eigenvalue weighted by atomic mass is 9.80. The molecule has 0 bridgehead atoms. The van der Waals surface area contributed by atoms with Crippen molar-refractivity contribution in [2.24, 2.45) is 5.92 Å². The van der Waals surface area contributed by atoms with Gasteiger partial charge >= 0.3 is 7.12 Å². The maximum Gasteiger partial charge on any atom is 0.488 e. The highest BCUT2D eigenvalue weighted by Gasteiger charge is 2.19. The van der Waals surface area contributed by atoms with Crippen molar-refractivity contribution in [1.29, 1.82) is 0 Å². The molecule has 0 atom stereocenters. The Morgan fingerprint density at radius 3 is 2.12 bits per heavy atom. The number of ether oxygens (including phenoxy) is 1. The number of halogens is 2. The third kappa shape index (κ3) is 3.18. The van der Waals surface area contributed by atoms with Crippen molar-refractivity contribution in [3.05, 3.63) is 23.8 Å². The molecule has 0 saturated heterocycles. The molecule has 0 aliphatic carbocycles. The quantitative estimate of drug-likeness (QED) is 0.747. The van der Waals surface area contributed by atoms with Gasteiger partial charge in [0, 0.05) is 0 Å². The third-order valence-electron chi connectivity index (χ3n) is 1.88. The summed E-state index contributed by atoms with van der Waals surface area (Å²) in [5, 5.41) is 17.5. The van der Waals surface area contributed by atoms with Gasteiger partial charge in [0.1, 0.15) is 0 Å². The SMILES string of the molecule is CC(C)COc1c(F)cc(B(O)O)cc1F. The first-order chi connectivity index (χ1) is 7.41. The zero-order chi connectivity index (χ0) is 12.3. The summed E-state index contributed by atoms with van der Waals surface area (Å²) in [5.74, 6) is -2.23. The van der Waals surface area contributed by atoms with Crippen LogP contribution in [0.5, 0.6) is 5.75 Å². The fraction of sp³-hybridized carbons (Fsp3) is 0.400. The molecule has 0 spiro atoms. The van der Waals surface area contributed by atoms with Crippen molar-refractivity contribution >= 4 is 12.6 Å². The molecule has 2 N–H and O–H groups in total. The maximum absolute atomic E-state index is 13.3. The molecule has 1 aromatic carbocycles. The average molecular weight is 230 g/mol. The first-order valence-electron chi connectivity index (χ1n) is 4.89. The Labute approximate surface area is 92.8 Å². The molecule has 0 aliphatic rings. The lowest BCUT2D eigenvalue weighted by molar-refractivity contribution is 0.247. The standard InChI is InChI=1S/C10H13BF2O3/c1-6(2)5-16-10-8(12)3-7(11(14)15)4-9(10)13/h3-4,6,14-15H,5H2,1-2H3. The van der Waals surface area contributed by atoms with Gasteiger partial charge in [-0.25, -0.2) is 8.78 Å². The highest BCUT2D eigenvalue weighted by Crippen LogP contribution is 2.20. The first-order valence-corrected chi connectivity index (χ1v) is 4.89. The molecule has 1 rings (SSSR count). The molecule has 0 aromatic heterocycles. The van der Waals surface area contributed by atoms with Crippen LogP contribution in [0.25, 0.3) is 0 Å². The topological polar surface area (TPSA) is 49.7 Å². The number of hydrogen-bond acceptors (Lipinski definition) is 3. The summed E-state index contributed by atoms with van der Waals surface area (Å²) < 4.78 is 31.6. The summed E-state index contributed by atoms with van der Waals surface area (Å²) in [6, 6.07) is 1.67. The van der Waals surface area contributed by atoms with Crippen LogP contribution in [0.4, 0.5) is 8.78 Å². The van der Waals surface area contributed by atoms with Gasteiger partial charge in [-0.05, 0) is 23.5 Å². The van der Waals surface area contributed by atoms with Crippen LogP contribution in [-0.4, -0.2) is 23.8 Å². The van der Waals surface area contributed by atoms with Gasteiger partial charge in [0.2, 0.25) is 0 Å². The second-order valence-electron chi connectivity index (χ2n) is 3.89. The number of benzene rings is 1. The monoisotopic (exact) mass is 230 g/mol. The molecule has 6 heteroatoms. The lowest BCUT2D eigenvalue weighted by Gasteiger charge is -2.11. The minimum absolute atomic E-state index is 0.141. The fourth-order valence-electron chi connectivity index (χ4n) is 1.12. The van der Waals surface area contributed by atoms with E-state index in [1.54, 1.807) is 0 Å². The molecule has 0 amide bonds. The molecule has 0 unspecified atom stereocenters. The molecular formula is C10H13BF2O3. The van der Waals surface area contributed by atoms with Gasteiger partial charge in [-0.15, -0.1) is 0 Å². The van der Waals surface area contributed by atoms with E-state index < -0.39 is 24.5 Å². The molecule has 16 heavy (non-hydrogen) atoms. The Balaban J connectivity index is 2.94. The molecule has 88 valence electrons. The van der Waals surface area contributed by atoms with Gasteiger partial charge in [0.15, 0.2) is 17.4 Å². The van der Waals surface area contributed by atoms with Crippen LogP contribution in [0.3, 0.4) is 0 Å². The summed E-state index contributed by atoms with van der Waals surface area (Å²) in [7, 11) is -1.90. The molecule has 3 nitrogen and oxygen atoms in total. The van der Waals surface area contributed by atoms with E-state index in [2.05, 4.69) is 0 Å². The van der Waals surface area contributed by atoms with E-state index in [0.29, 0.717) is 0 Å². The predicted octanol–water partition coefficient (Wildman–Crippen LogP) is 0.679. The molecule has 0 fully saturated rings. The molecular weight excluding hydrogens is 217 g/mol. The van der Waals surface area contributed by atoms with E-state index in [4.69, 9.17) is 14.8 Å². The smallest absolute Gasteiger partial charge is 0.487 e. The Hall–Kier alpha value is -1.14. The maximum atomic E-state index is 13.3. The summed E-state index contributed by atoms with van der Waals surface area (Å²) >= 11 is 0. The van der Waals surface area contributed by atoms with E-state index in [1.165, 1.54) is 0 Å².